The molecule has 0 bridgehead atoms. The number of carbonyl (C=O) groups excluding carboxylic acids is 3. The van der Waals surface area contributed by atoms with Crippen molar-refractivity contribution in [3.63, 3.8) is 0 Å². The number of nitrogens with zero attached hydrogens (tertiary/aromatic N) is 1. The first kappa shape index (κ1) is 22.5. The number of nitrogens with two attached hydrogens (primary N) is 1. The zero-order valence-electron chi connectivity index (χ0n) is 15.9. The Labute approximate surface area is 161 Å². The molecular weight excluding hydrogens is 383 g/mol. The van der Waals surface area contributed by atoms with Crippen molar-refractivity contribution < 1.29 is 33.0 Å². The van der Waals surface area contributed by atoms with Gasteiger partial charge in [-0.05, 0) is 47.6 Å². The van der Waals surface area contributed by atoms with Gasteiger partial charge in [-0.2, -0.15) is 4.90 Å². The summed E-state index contributed by atoms with van der Waals surface area (Å²) in [6, 6.07) is 1.63. The molecule has 2 N–H and O–H groups in total. The highest BCUT2D eigenvalue weighted by Gasteiger charge is 2.35. The number of hydrogen-bond acceptors (Lipinski definition) is 6. The molecule has 0 aliphatic carbocycles. The van der Waals surface area contributed by atoms with Gasteiger partial charge in [0.1, 0.15) is 11.2 Å². The van der Waals surface area contributed by atoms with Gasteiger partial charge in [0.25, 0.3) is 0 Å². The number of carbonyl (C=O) groups is 3. The van der Waals surface area contributed by atoms with Crippen molar-refractivity contribution in [1.29, 1.82) is 0 Å². The fraction of sp³-hybridized carbons (Fsp3) is 0.471. The normalized spacial score (nSPS) is 11.6. The van der Waals surface area contributed by atoms with Crippen LogP contribution < -0.4 is 15.4 Å². The van der Waals surface area contributed by atoms with Crippen molar-refractivity contribution in [1.82, 2.24) is 0 Å². The summed E-state index contributed by atoms with van der Waals surface area (Å²) in [4.78, 5) is 36.2. The van der Waals surface area contributed by atoms with Crippen LogP contribution in [0.1, 0.15) is 41.5 Å². The number of benzene rings is 1. The molecule has 0 aromatic heterocycles. The highest BCUT2D eigenvalue weighted by molar-refractivity contribution is 6.32. The van der Waals surface area contributed by atoms with Crippen LogP contribution in [0.15, 0.2) is 12.1 Å². The summed E-state index contributed by atoms with van der Waals surface area (Å²) in [5.74, 6) is -1.47. The molecule has 0 heterocycles. The zero-order valence-corrected chi connectivity index (χ0v) is 16.6. The summed E-state index contributed by atoms with van der Waals surface area (Å²) >= 11 is 5.93. The van der Waals surface area contributed by atoms with E-state index in [-0.39, 0.29) is 10.8 Å². The average Bonchev–Trinajstić information content (AvgIpc) is 2.39. The van der Waals surface area contributed by atoms with Crippen LogP contribution in [0.2, 0.25) is 5.02 Å². The molecule has 1 rings (SSSR count). The number of amides is 3. The van der Waals surface area contributed by atoms with E-state index in [0.717, 1.165) is 6.07 Å². The Kier molecular flexibility index (Phi) is 6.66. The van der Waals surface area contributed by atoms with Gasteiger partial charge in [0.15, 0.2) is 11.6 Å². The molecule has 0 saturated carbocycles. The minimum Gasteiger partial charge on any atom is -0.443 e. The highest BCUT2D eigenvalue weighted by atomic mass is 35.5. The highest BCUT2D eigenvalue weighted by Crippen LogP contribution is 2.34. The van der Waals surface area contributed by atoms with Crippen molar-refractivity contribution in [3.05, 3.63) is 23.0 Å². The van der Waals surface area contributed by atoms with E-state index < -0.39 is 41.0 Å². The summed E-state index contributed by atoms with van der Waals surface area (Å²) in [5, 5.41) is -0.262. The van der Waals surface area contributed by atoms with Crippen molar-refractivity contribution in [2.24, 2.45) is 5.73 Å². The molecule has 0 aliphatic rings. The van der Waals surface area contributed by atoms with Crippen LogP contribution in [0.5, 0.6) is 5.75 Å². The third-order valence-electron chi connectivity index (χ3n) is 2.60. The lowest BCUT2D eigenvalue weighted by molar-refractivity contribution is 0.0428. The Morgan fingerprint density at radius 3 is 1.81 bits per heavy atom. The average molecular weight is 405 g/mol. The van der Waals surface area contributed by atoms with Crippen LogP contribution in [0.25, 0.3) is 0 Å². The van der Waals surface area contributed by atoms with E-state index in [0.29, 0.717) is 11.0 Å². The summed E-state index contributed by atoms with van der Waals surface area (Å²) < 4.78 is 29.4. The Hall–Kier alpha value is -2.55. The number of anilines is 1. The predicted octanol–water partition coefficient (Wildman–Crippen LogP) is 4.61. The van der Waals surface area contributed by atoms with Gasteiger partial charge >= 0.3 is 18.3 Å². The maximum Gasteiger partial charge on any atom is 0.424 e. The summed E-state index contributed by atoms with van der Waals surface area (Å²) in [6.07, 6.45) is -3.55. The van der Waals surface area contributed by atoms with E-state index in [1.54, 1.807) is 41.5 Å². The fourth-order valence-corrected chi connectivity index (χ4v) is 1.96. The number of rotatable bonds is 2. The van der Waals surface area contributed by atoms with Crippen LogP contribution in [0, 0.1) is 5.82 Å². The van der Waals surface area contributed by atoms with Crippen LogP contribution in [0.4, 0.5) is 24.5 Å². The molecule has 1 aromatic carbocycles. The van der Waals surface area contributed by atoms with Crippen LogP contribution in [-0.4, -0.2) is 29.5 Å². The largest absolute Gasteiger partial charge is 0.443 e. The standard InChI is InChI=1S/C17H22ClFN2O6/c1-16(2,3)26-14(23)21(15(24)27-17(4,5)6)11-7-9(18)12(8-10(11)19)25-13(20)22/h7-8H,1-6H3,(H2,20,22). The number of ether oxygens (including phenoxy) is 3. The van der Waals surface area contributed by atoms with Crippen molar-refractivity contribution >= 4 is 35.6 Å². The molecule has 1 aromatic rings. The predicted molar refractivity (Wildman–Crippen MR) is 96.6 cm³/mol. The van der Waals surface area contributed by atoms with Gasteiger partial charge in [-0.15, -0.1) is 0 Å². The van der Waals surface area contributed by atoms with Crippen molar-refractivity contribution in [3.8, 4) is 5.75 Å². The van der Waals surface area contributed by atoms with E-state index >= 15 is 0 Å². The monoisotopic (exact) mass is 404 g/mol. The summed E-state index contributed by atoms with van der Waals surface area (Å²) in [6.45, 7) is 9.45. The smallest absolute Gasteiger partial charge is 0.424 e. The van der Waals surface area contributed by atoms with Crippen molar-refractivity contribution in [2.45, 2.75) is 52.7 Å². The molecule has 0 saturated heterocycles. The maximum absolute atomic E-state index is 14.6. The molecule has 0 radical (unpaired) electrons. The number of halogens is 2. The first-order valence-electron chi connectivity index (χ1n) is 7.83. The molecule has 0 fully saturated rings. The van der Waals surface area contributed by atoms with E-state index in [2.05, 4.69) is 4.74 Å². The molecule has 3 amide bonds. The Morgan fingerprint density at radius 1 is 1.00 bits per heavy atom. The first-order chi connectivity index (χ1) is 12.1. The molecule has 0 unspecified atom stereocenters. The van der Waals surface area contributed by atoms with Crippen LogP contribution in [0.3, 0.4) is 0 Å². The lowest BCUT2D eigenvalue weighted by Gasteiger charge is -2.29. The maximum atomic E-state index is 14.6. The van der Waals surface area contributed by atoms with Gasteiger partial charge in [0.2, 0.25) is 0 Å². The zero-order chi connectivity index (χ0) is 21.2. The van der Waals surface area contributed by atoms with Crippen LogP contribution in [-0.2, 0) is 9.47 Å². The first-order valence-corrected chi connectivity index (χ1v) is 8.21. The van der Waals surface area contributed by atoms with E-state index in [4.69, 9.17) is 26.8 Å². The molecule has 8 nitrogen and oxygen atoms in total. The quantitative estimate of drug-likeness (QED) is 0.770. The summed E-state index contributed by atoms with van der Waals surface area (Å²) in [7, 11) is 0. The third-order valence-corrected chi connectivity index (χ3v) is 2.90. The molecule has 0 atom stereocenters. The minimum absolute atomic E-state index is 0.262. The molecule has 0 aliphatic heterocycles. The number of primary amides is 1. The number of hydrogen-bond donors (Lipinski definition) is 1. The molecular formula is C17H22ClFN2O6. The van der Waals surface area contributed by atoms with Gasteiger partial charge in [-0.25, -0.2) is 18.8 Å². The SMILES string of the molecule is CC(C)(C)OC(=O)N(C(=O)OC(C)(C)C)c1cc(Cl)c(OC(N)=O)cc1F. The molecule has 150 valence electrons. The van der Waals surface area contributed by atoms with Gasteiger partial charge in [0.05, 0.1) is 10.7 Å². The van der Waals surface area contributed by atoms with E-state index in [1.165, 1.54) is 0 Å². The lowest BCUT2D eigenvalue weighted by Crippen LogP contribution is -2.44. The van der Waals surface area contributed by atoms with Gasteiger partial charge in [-0.1, -0.05) is 11.6 Å². The molecule has 0 spiro atoms. The Morgan fingerprint density at radius 2 is 1.44 bits per heavy atom. The minimum atomic E-state index is -1.21. The van der Waals surface area contributed by atoms with Gasteiger partial charge in [0, 0.05) is 6.07 Å². The number of imide groups is 1. The van der Waals surface area contributed by atoms with E-state index in [9.17, 15) is 18.8 Å². The van der Waals surface area contributed by atoms with E-state index in [1.807, 2.05) is 0 Å². The Balaban J connectivity index is 3.42. The third kappa shape index (κ3) is 6.93. The topological polar surface area (TPSA) is 108 Å². The van der Waals surface area contributed by atoms with Crippen molar-refractivity contribution in [2.75, 3.05) is 4.90 Å². The Bertz CT molecular complexity index is 727. The fourth-order valence-electron chi connectivity index (χ4n) is 1.76. The van der Waals surface area contributed by atoms with Crippen LogP contribution >= 0.6 is 11.6 Å². The second kappa shape index (κ2) is 7.99. The molecule has 10 heteroatoms. The molecule has 27 heavy (non-hydrogen) atoms. The second-order valence-electron chi connectivity index (χ2n) is 7.45. The van der Waals surface area contributed by atoms with Gasteiger partial charge in [-0.3, -0.25) is 0 Å². The summed E-state index contributed by atoms with van der Waals surface area (Å²) in [5.41, 5.74) is 2.40. The second-order valence-corrected chi connectivity index (χ2v) is 7.86. The van der Waals surface area contributed by atoms with Gasteiger partial charge < -0.3 is 19.9 Å². The lowest BCUT2D eigenvalue weighted by atomic mass is 10.2.